The number of nitrogens with one attached hydrogen (secondary N) is 1. The molecule has 3 aromatic carbocycles. The van der Waals surface area contributed by atoms with Crippen LogP contribution in [-0.2, 0) is 75.9 Å². The smallest absolute Gasteiger partial charge is 0.407 e. The average Bonchev–Trinajstić information content (AvgIpc) is 3.66. The number of benzene rings is 3. The Kier molecular flexibility index (Phi) is 30.4. The monoisotopic (exact) mass is 965 g/mol. The molecule has 4 rings (SSSR count). The summed E-state index contributed by atoms with van der Waals surface area (Å²) in [5.74, 6) is 0.0283. The molecule has 0 saturated carbocycles. The van der Waals surface area contributed by atoms with Gasteiger partial charge in [0.15, 0.2) is 0 Å². The van der Waals surface area contributed by atoms with Gasteiger partial charge >= 0.3 is 6.09 Å². The molecule has 67 heavy (non-hydrogen) atoms. The molecule has 1 aliphatic rings. The Balaban J connectivity index is 0.756. The van der Waals surface area contributed by atoms with Crippen molar-refractivity contribution < 1.29 is 79.0 Å². The van der Waals surface area contributed by atoms with E-state index < -0.39 is 16.2 Å². The maximum Gasteiger partial charge on any atom is 0.407 e. The van der Waals surface area contributed by atoms with Gasteiger partial charge in [-0.05, 0) is 41.3 Å². The van der Waals surface area contributed by atoms with E-state index in [4.69, 9.17) is 65.8 Å². The summed E-state index contributed by atoms with van der Waals surface area (Å²) in [6.45, 7) is 12.7. The number of hydrogen-bond donors (Lipinski definition) is 1. The zero-order chi connectivity index (χ0) is 47.3. The lowest BCUT2D eigenvalue weighted by molar-refractivity contribution is -0.0285. The fraction of sp³-hybridized carbons (Fsp3) is 0.604. The van der Waals surface area contributed by atoms with Gasteiger partial charge in [0.2, 0.25) is 0 Å². The molecule has 0 spiro atoms. The Morgan fingerprint density at radius 3 is 1.10 bits per heavy atom. The Morgan fingerprint density at radius 1 is 0.433 bits per heavy atom. The number of rotatable bonds is 43. The van der Waals surface area contributed by atoms with Crippen molar-refractivity contribution in [1.82, 2.24) is 5.32 Å². The lowest BCUT2D eigenvalue weighted by Gasteiger charge is -2.14. The molecular formula is C48H71NO17S. The summed E-state index contributed by atoms with van der Waals surface area (Å²) in [7, 11) is -3.79. The number of ether oxygens (including phenoxy) is 13. The molecule has 1 aliphatic carbocycles. The standard InChI is InChI=1S/C48H71NO17S/c1-41-10-12-42(13-11-41)67(51,52)66-39-38-64-37-36-63-35-34-62-33-32-61-31-30-60-29-28-59-27-26-58-25-24-57-23-22-56-21-20-55-19-18-54-17-16-53-15-14-49-48(50)65-40-47-45-8-4-2-6-43(45)44-7-3-5-9-46(44)47/h2-13,47H,14-40H2,1H3,(H,49,50). The van der Waals surface area contributed by atoms with E-state index in [2.05, 4.69) is 29.6 Å². The Labute approximate surface area is 396 Å². The molecule has 0 aromatic heterocycles. The van der Waals surface area contributed by atoms with Crippen LogP contribution < -0.4 is 5.32 Å². The number of alkyl carbamates (subject to hydrolysis) is 1. The summed E-state index contributed by atoms with van der Waals surface area (Å²) < 4.78 is 101. The number of aryl methyl sites for hydroxylation is 1. The van der Waals surface area contributed by atoms with Gasteiger partial charge in [0.05, 0.1) is 170 Å². The van der Waals surface area contributed by atoms with Crippen molar-refractivity contribution >= 4 is 16.2 Å². The summed E-state index contributed by atoms with van der Waals surface area (Å²) >= 11 is 0. The van der Waals surface area contributed by atoms with Crippen molar-refractivity contribution in [2.24, 2.45) is 0 Å². The molecule has 0 unspecified atom stereocenters. The quantitative estimate of drug-likeness (QED) is 0.0618. The van der Waals surface area contributed by atoms with E-state index in [0.717, 1.165) is 5.56 Å². The highest BCUT2D eigenvalue weighted by Gasteiger charge is 2.29. The van der Waals surface area contributed by atoms with Gasteiger partial charge in [0, 0.05) is 12.5 Å². The molecule has 0 heterocycles. The molecule has 376 valence electrons. The molecule has 1 N–H and O–H groups in total. The van der Waals surface area contributed by atoms with Crippen molar-refractivity contribution in [3.05, 3.63) is 89.5 Å². The Hall–Kier alpha value is -3.64. The van der Waals surface area contributed by atoms with Crippen LogP contribution in [0.1, 0.15) is 22.6 Å². The zero-order valence-electron chi connectivity index (χ0n) is 38.9. The minimum atomic E-state index is -3.79. The van der Waals surface area contributed by atoms with Gasteiger partial charge in [-0.1, -0.05) is 66.2 Å². The second-order valence-corrected chi connectivity index (χ2v) is 16.3. The number of hydrogen-bond acceptors (Lipinski definition) is 17. The minimum absolute atomic E-state index is 0.0283. The molecule has 18 nitrogen and oxygen atoms in total. The molecule has 0 saturated heterocycles. The first kappa shape index (κ1) is 56.0. The predicted octanol–water partition coefficient (Wildman–Crippen LogP) is 4.44. The third-order valence-corrected chi connectivity index (χ3v) is 11.1. The topological polar surface area (TPSA) is 192 Å². The first-order valence-electron chi connectivity index (χ1n) is 22.9. The molecule has 0 radical (unpaired) electrons. The maximum atomic E-state index is 12.3. The van der Waals surface area contributed by atoms with Crippen molar-refractivity contribution in [2.45, 2.75) is 17.7 Å². The predicted molar refractivity (Wildman–Crippen MR) is 247 cm³/mol. The number of fused-ring (bicyclic) bond motifs is 3. The zero-order valence-corrected chi connectivity index (χ0v) is 39.8. The van der Waals surface area contributed by atoms with Crippen LogP contribution in [0, 0.1) is 6.92 Å². The minimum Gasteiger partial charge on any atom is -0.449 e. The van der Waals surface area contributed by atoms with Crippen LogP contribution in [0.4, 0.5) is 4.79 Å². The van der Waals surface area contributed by atoms with E-state index in [0.29, 0.717) is 159 Å². The van der Waals surface area contributed by atoms with Crippen LogP contribution in [0.25, 0.3) is 11.1 Å². The number of amides is 1. The third kappa shape index (κ3) is 25.0. The first-order valence-corrected chi connectivity index (χ1v) is 24.3. The third-order valence-electron chi connectivity index (χ3n) is 9.73. The molecule has 0 aliphatic heterocycles. The molecule has 0 fully saturated rings. The summed E-state index contributed by atoms with van der Waals surface area (Å²) in [4.78, 5) is 12.4. The van der Waals surface area contributed by atoms with Gasteiger partial charge in [0.25, 0.3) is 10.1 Å². The van der Waals surface area contributed by atoms with Crippen LogP contribution in [0.3, 0.4) is 0 Å². The average molecular weight is 966 g/mol. The molecule has 1 amide bonds. The van der Waals surface area contributed by atoms with Crippen LogP contribution in [-0.4, -0.2) is 193 Å². The van der Waals surface area contributed by atoms with E-state index in [1.807, 2.05) is 31.2 Å². The lowest BCUT2D eigenvalue weighted by Crippen LogP contribution is -2.29. The number of carbonyl (C=O) groups excluding carboxylic acids is 1. The highest BCUT2D eigenvalue weighted by Crippen LogP contribution is 2.44. The van der Waals surface area contributed by atoms with Gasteiger partial charge in [-0.15, -0.1) is 0 Å². The van der Waals surface area contributed by atoms with Crippen LogP contribution in [0.2, 0.25) is 0 Å². The summed E-state index contributed by atoms with van der Waals surface area (Å²) in [5.41, 5.74) is 5.72. The summed E-state index contributed by atoms with van der Waals surface area (Å²) in [5, 5.41) is 2.74. The second kappa shape index (κ2) is 36.4. The molecule has 0 atom stereocenters. The van der Waals surface area contributed by atoms with E-state index >= 15 is 0 Å². The van der Waals surface area contributed by atoms with Crippen LogP contribution in [0.15, 0.2) is 77.7 Å². The highest BCUT2D eigenvalue weighted by atomic mass is 32.2. The fourth-order valence-corrected chi connectivity index (χ4v) is 7.26. The van der Waals surface area contributed by atoms with E-state index in [9.17, 15) is 13.2 Å². The fourth-order valence-electron chi connectivity index (χ4n) is 6.37. The first-order chi connectivity index (χ1) is 33.0. The highest BCUT2D eigenvalue weighted by molar-refractivity contribution is 7.86. The summed E-state index contributed by atoms with van der Waals surface area (Å²) in [6.07, 6.45) is -0.460. The van der Waals surface area contributed by atoms with Crippen molar-refractivity contribution in [2.75, 3.05) is 178 Å². The van der Waals surface area contributed by atoms with Gasteiger partial charge in [0.1, 0.15) is 6.61 Å². The van der Waals surface area contributed by atoms with E-state index in [-0.39, 0.29) is 30.6 Å². The van der Waals surface area contributed by atoms with Gasteiger partial charge < -0.3 is 66.9 Å². The molecular weight excluding hydrogens is 895 g/mol. The van der Waals surface area contributed by atoms with Crippen LogP contribution in [0.5, 0.6) is 0 Å². The van der Waals surface area contributed by atoms with Crippen molar-refractivity contribution in [3.63, 3.8) is 0 Å². The van der Waals surface area contributed by atoms with E-state index in [1.165, 1.54) is 34.4 Å². The van der Waals surface area contributed by atoms with Gasteiger partial charge in [-0.25, -0.2) is 4.79 Å². The van der Waals surface area contributed by atoms with Crippen molar-refractivity contribution in [1.29, 1.82) is 0 Å². The van der Waals surface area contributed by atoms with Gasteiger partial charge in [-0.3, -0.25) is 4.18 Å². The normalized spacial score (nSPS) is 12.4. The van der Waals surface area contributed by atoms with Crippen LogP contribution >= 0.6 is 0 Å². The maximum absolute atomic E-state index is 12.3. The second-order valence-electron chi connectivity index (χ2n) is 14.7. The molecule has 3 aromatic rings. The number of carbonyl (C=O) groups is 1. The van der Waals surface area contributed by atoms with Gasteiger partial charge in [-0.2, -0.15) is 8.42 Å². The lowest BCUT2D eigenvalue weighted by atomic mass is 9.98. The Morgan fingerprint density at radius 2 is 0.746 bits per heavy atom. The Bertz CT molecular complexity index is 1770. The SMILES string of the molecule is Cc1ccc(S(=O)(=O)OCCOCCOCCOCCOCCOCCOCCOCCOCCOCCOCCOCCOCCNC(=O)OCC2c3ccccc3-c3ccccc32)cc1. The largest absolute Gasteiger partial charge is 0.449 e. The molecule has 19 heteroatoms. The van der Waals surface area contributed by atoms with Crippen molar-refractivity contribution in [3.8, 4) is 11.1 Å². The summed E-state index contributed by atoms with van der Waals surface area (Å²) in [6, 6.07) is 23.0. The molecule has 0 bridgehead atoms. The van der Waals surface area contributed by atoms with E-state index in [1.54, 1.807) is 12.1 Å².